The summed E-state index contributed by atoms with van der Waals surface area (Å²) in [5, 5.41) is 0. The largest absolute Gasteiger partial charge is 0.320 e. The predicted molar refractivity (Wildman–Crippen MR) is 85.4 cm³/mol. The second-order valence-electron chi connectivity index (χ2n) is 5.59. The van der Waals surface area contributed by atoms with Crippen LogP contribution in [0.15, 0.2) is 42.5 Å². The van der Waals surface area contributed by atoms with Gasteiger partial charge in [-0.3, -0.25) is 4.79 Å². The quantitative estimate of drug-likeness (QED) is 0.939. The molecule has 0 aromatic heterocycles. The van der Waals surface area contributed by atoms with Crippen molar-refractivity contribution >= 4 is 11.6 Å². The molecule has 1 amide bonds. The van der Waals surface area contributed by atoms with Gasteiger partial charge < -0.3 is 10.6 Å². The minimum Gasteiger partial charge on any atom is -0.320 e. The molecule has 0 saturated heterocycles. The molecular weight excluding hydrogens is 260 g/mol. The average Bonchev–Trinajstić information content (AvgIpc) is 2.80. The van der Waals surface area contributed by atoms with Gasteiger partial charge in [-0.1, -0.05) is 42.0 Å². The van der Waals surface area contributed by atoms with Crippen molar-refractivity contribution < 1.29 is 4.79 Å². The number of hydrogen-bond donors (Lipinski definition) is 1. The van der Waals surface area contributed by atoms with Crippen molar-refractivity contribution in [1.82, 2.24) is 0 Å². The third-order valence-corrected chi connectivity index (χ3v) is 4.11. The van der Waals surface area contributed by atoms with E-state index >= 15 is 0 Å². The first-order valence-electron chi connectivity index (χ1n) is 7.35. The summed E-state index contributed by atoms with van der Waals surface area (Å²) < 4.78 is 0. The van der Waals surface area contributed by atoms with E-state index < -0.39 is 0 Å². The molecule has 0 bridgehead atoms. The van der Waals surface area contributed by atoms with Gasteiger partial charge in [-0.2, -0.15) is 0 Å². The number of carbonyl (C=O) groups excluding carboxylic acids is 1. The first kappa shape index (κ1) is 13.8. The van der Waals surface area contributed by atoms with Gasteiger partial charge >= 0.3 is 0 Å². The SMILES string of the molecule is CCN1C(=O)Cc2cc(C(N)c3cccc(C)c3)ccc21. The lowest BCUT2D eigenvalue weighted by atomic mass is 9.96. The summed E-state index contributed by atoms with van der Waals surface area (Å²) in [4.78, 5) is 13.8. The lowest BCUT2D eigenvalue weighted by Crippen LogP contribution is -2.25. The van der Waals surface area contributed by atoms with Crippen LogP contribution in [0.2, 0.25) is 0 Å². The Hall–Kier alpha value is -2.13. The van der Waals surface area contributed by atoms with E-state index in [1.54, 1.807) is 0 Å². The monoisotopic (exact) mass is 280 g/mol. The highest BCUT2D eigenvalue weighted by Gasteiger charge is 2.26. The van der Waals surface area contributed by atoms with Crippen molar-refractivity contribution in [3.8, 4) is 0 Å². The summed E-state index contributed by atoms with van der Waals surface area (Å²) in [6, 6.07) is 14.2. The van der Waals surface area contributed by atoms with Gasteiger partial charge in [0.25, 0.3) is 0 Å². The Morgan fingerprint density at radius 3 is 2.67 bits per heavy atom. The first-order chi connectivity index (χ1) is 10.1. The number of nitrogens with two attached hydrogens (primary N) is 1. The maximum absolute atomic E-state index is 12.0. The maximum Gasteiger partial charge on any atom is 0.231 e. The molecule has 2 N–H and O–H groups in total. The molecule has 2 aromatic carbocycles. The Bertz CT molecular complexity index is 693. The van der Waals surface area contributed by atoms with Crippen molar-refractivity contribution in [2.75, 3.05) is 11.4 Å². The lowest BCUT2D eigenvalue weighted by molar-refractivity contribution is -0.117. The fourth-order valence-electron chi connectivity index (χ4n) is 3.00. The van der Waals surface area contributed by atoms with Crippen molar-refractivity contribution in [2.45, 2.75) is 26.3 Å². The summed E-state index contributed by atoms with van der Waals surface area (Å²) in [5.74, 6) is 0.175. The van der Waals surface area contributed by atoms with Gasteiger partial charge in [0.05, 0.1) is 12.5 Å². The Kier molecular flexibility index (Phi) is 3.52. The second kappa shape index (κ2) is 5.34. The van der Waals surface area contributed by atoms with Crippen LogP contribution in [0.5, 0.6) is 0 Å². The zero-order chi connectivity index (χ0) is 15.0. The Labute approximate surface area is 125 Å². The second-order valence-corrected chi connectivity index (χ2v) is 5.59. The number of rotatable bonds is 3. The molecule has 0 spiro atoms. The summed E-state index contributed by atoms with van der Waals surface area (Å²) in [6.07, 6.45) is 0.484. The lowest BCUT2D eigenvalue weighted by Gasteiger charge is -2.17. The van der Waals surface area contributed by atoms with E-state index in [0.717, 1.165) is 28.9 Å². The molecule has 1 heterocycles. The highest BCUT2D eigenvalue weighted by molar-refractivity contribution is 6.01. The normalized spacial score (nSPS) is 15.2. The molecule has 0 fully saturated rings. The van der Waals surface area contributed by atoms with Crippen molar-refractivity contribution in [1.29, 1.82) is 0 Å². The summed E-state index contributed by atoms with van der Waals surface area (Å²) in [5.41, 5.74) is 11.9. The summed E-state index contributed by atoms with van der Waals surface area (Å²) in [6.45, 7) is 4.78. The van der Waals surface area contributed by atoms with E-state index in [2.05, 4.69) is 25.1 Å². The smallest absolute Gasteiger partial charge is 0.231 e. The van der Waals surface area contributed by atoms with Gasteiger partial charge in [-0.05, 0) is 36.6 Å². The van der Waals surface area contributed by atoms with E-state index in [9.17, 15) is 4.79 Å². The predicted octanol–water partition coefficient (Wildman–Crippen LogP) is 2.95. The standard InChI is InChI=1S/C18H20N2O/c1-3-20-16-8-7-14(10-15(16)11-17(20)21)18(19)13-6-4-5-12(2)9-13/h4-10,18H,3,11,19H2,1-2H3. The fourth-order valence-corrected chi connectivity index (χ4v) is 3.00. The third kappa shape index (κ3) is 2.45. The van der Waals surface area contributed by atoms with Crippen LogP contribution >= 0.6 is 0 Å². The summed E-state index contributed by atoms with van der Waals surface area (Å²) >= 11 is 0. The molecule has 3 heteroatoms. The van der Waals surface area contributed by atoms with Crippen LogP contribution in [-0.2, 0) is 11.2 Å². The molecule has 1 aliphatic rings. The molecular formula is C18H20N2O. The highest BCUT2D eigenvalue weighted by Crippen LogP contribution is 2.32. The zero-order valence-electron chi connectivity index (χ0n) is 12.5. The van der Waals surface area contributed by atoms with Crippen LogP contribution in [0, 0.1) is 6.92 Å². The van der Waals surface area contributed by atoms with Crippen molar-refractivity contribution in [3.63, 3.8) is 0 Å². The van der Waals surface area contributed by atoms with Crippen molar-refractivity contribution in [3.05, 3.63) is 64.7 Å². The first-order valence-corrected chi connectivity index (χ1v) is 7.35. The van der Waals surface area contributed by atoms with Gasteiger partial charge in [-0.25, -0.2) is 0 Å². The van der Waals surface area contributed by atoms with Crippen LogP contribution in [0.4, 0.5) is 5.69 Å². The molecule has 3 rings (SSSR count). The molecule has 1 atom stereocenters. The van der Waals surface area contributed by atoms with Crippen LogP contribution in [0.1, 0.15) is 35.2 Å². The topological polar surface area (TPSA) is 46.3 Å². The van der Waals surface area contributed by atoms with Gasteiger partial charge in [-0.15, -0.1) is 0 Å². The number of nitrogens with zero attached hydrogens (tertiary/aromatic N) is 1. The molecule has 0 radical (unpaired) electrons. The molecule has 0 aliphatic carbocycles. The average molecular weight is 280 g/mol. The third-order valence-electron chi connectivity index (χ3n) is 4.11. The molecule has 21 heavy (non-hydrogen) atoms. The Morgan fingerprint density at radius 2 is 1.95 bits per heavy atom. The number of benzene rings is 2. The molecule has 0 saturated carbocycles. The number of carbonyl (C=O) groups is 1. The number of anilines is 1. The molecule has 3 nitrogen and oxygen atoms in total. The highest BCUT2D eigenvalue weighted by atomic mass is 16.2. The minimum atomic E-state index is -0.152. The molecule has 1 aliphatic heterocycles. The van der Waals surface area contributed by atoms with Gasteiger partial charge in [0.15, 0.2) is 0 Å². The molecule has 1 unspecified atom stereocenters. The number of aryl methyl sites for hydroxylation is 1. The number of fused-ring (bicyclic) bond motifs is 1. The van der Waals surface area contributed by atoms with Crippen LogP contribution < -0.4 is 10.6 Å². The maximum atomic E-state index is 12.0. The van der Waals surface area contributed by atoms with E-state index in [-0.39, 0.29) is 11.9 Å². The van der Waals surface area contributed by atoms with E-state index in [4.69, 9.17) is 5.73 Å². The Morgan fingerprint density at radius 1 is 1.19 bits per heavy atom. The fraction of sp³-hybridized carbons (Fsp3) is 0.278. The van der Waals surface area contributed by atoms with E-state index in [1.807, 2.05) is 36.1 Å². The summed E-state index contributed by atoms with van der Waals surface area (Å²) in [7, 11) is 0. The van der Waals surface area contributed by atoms with Crippen LogP contribution in [0.25, 0.3) is 0 Å². The number of hydrogen-bond acceptors (Lipinski definition) is 2. The van der Waals surface area contributed by atoms with E-state index in [1.165, 1.54) is 5.56 Å². The van der Waals surface area contributed by atoms with Gasteiger partial charge in [0.1, 0.15) is 0 Å². The van der Waals surface area contributed by atoms with Gasteiger partial charge in [0, 0.05) is 12.2 Å². The number of likely N-dealkylation sites (N-methyl/N-ethyl adjacent to an activating group) is 1. The van der Waals surface area contributed by atoms with Crippen LogP contribution in [0.3, 0.4) is 0 Å². The Balaban J connectivity index is 1.95. The number of amides is 1. The van der Waals surface area contributed by atoms with E-state index in [0.29, 0.717) is 6.42 Å². The van der Waals surface area contributed by atoms with Crippen molar-refractivity contribution in [2.24, 2.45) is 5.73 Å². The van der Waals surface area contributed by atoms with Crippen LogP contribution in [-0.4, -0.2) is 12.5 Å². The molecule has 2 aromatic rings. The van der Waals surface area contributed by atoms with Gasteiger partial charge in [0.2, 0.25) is 5.91 Å². The minimum absolute atomic E-state index is 0.152. The zero-order valence-corrected chi connectivity index (χ0v) is 12.5. The molecule has 108 valence electrons.